The molecule has 0 aliphatic carbocycles. The Bertz CT molecular complexity index is 576. The molecular weight excluding hydrogens is 328 g/mol. The van der Waals surface area contributed by atoms with Gasteiger partial charge >= 0.3 is 0 Å². The average Bonchev–Trinajstić information content (AvgIpc) is 2.72. The molecular formula is C21H30N2O3. The lowest BCUT2D eigenvalue weighted by molar-refractivity contribution is -0.141. The van der Waals surface area contributed by atoms with Gasteiger partial charge in [-0.15, -0.1) is 0 Å². The standard InChI is InChI=1S/C21H30N2O3/c24-20(10-7-17-26-19-8-3-1-4-9-19)22-15-11-18(12-16-22)21(25)23-13-5-2-6-14-23/h1,3-4,8-9,18H,2,5-7,10-17H2. The highest BCUT2D eigenvalue weighted by molar-refractivity contribution is 5.80. The fourth-order valence-electron chi connectivity index (χ4n) is 3.84. The van der Waals surface area contributed by atoms with E-state index in [4.69, 9.17) is 4.74 Å². The summed E-state index contributed by atoms with van der Waals surface area (Å²) in [5.41, 5.74) is 0. The van der Waals surface area contributed by atoms with Crippen LogP contribution in [0.1, 0.15) is 44.9 Å². The van der Waals surface area contributed by atoms with E-state index in [0.717, 1.165) is 50.9 Å². The number of hydrogen-bond acceptors (Lipinski definition) is 3. The number of nitrogens with zero attached hydrogens (tertiary/aromatic N) is 2. The highest BCUT2D eigenvalue weighted by Crippen LogP contribution is 2.22. The van der Waals surface area contributed by atoms with Crippen molar-refractivity contribution in [2.45, 2.75) is 44.9 Å². The molecule has 2 amide bonds. The first-order valence-corrected chi connectivity index (χ1v) is 9.98. The molecule has 2 aliphatic rings. The molecule has 0 bridgehead atoms. The molecule has 5 heteroatoms. The minimum atomic E-state index is 0.110. The van der Waals surface area contributed by atoms with Crippen LogP contribution >= 0.6 is 0 Å². The molecule has 0 atom stereocenters. The molecule has 5 nitrogen and oxygen atoms in total. The van der Waals surface area contributed by atoms with E-state index in [1.807, 2.05) is 40.1 Å². The van der Waals surface area contributed by atoms with Crippen molar-refractivity contribution in [3.05, 3.63) is 30.3 Å². The summed E-state index contributed by atoms with van der Waals surface area (Å²) < 4.78 is 5.64. The Morgan fingerprint density at radius 2 is 1.62 bits per heavy atom. The molecule has 142 valence electrons. The van der Waals surface area contributed by atoms with Crippen LogP contribution in [0.2, 0.25) is 0 Å². The van der Waals surface area contributed by atoms with Crippen LogP contribution in [0.25, 0.3) is 0 Å². The Morgan fingerprint density at radius 3 is 2.31 bits per heavy atom. The van der Waals surface area contributed by atoms with Gasteiger partial charge in [-0.3, -0.25) is 9.59 Å². The van der Waals surface area contributed by atoms with Gasteiger partial charge in [-0.1, -0.05) is 18.2 Å². The number of benzene rings is 1. The first-order valence-electron chi connectivity index (χ1n) is 9.98. The number of rotatable bonds is 6. The SMILES string of the molecule is O=C(CCCOc1ccccc1)N1CCC(C(=O)N2CCCCC2)CC1. The normalized spacial score (nSPS) is 18.6. The summed E-state index contributed by atoms with van der Waals surface area (Å²) in [5.74, 6) is 1.45. The molecule has 0 N–H and O–H groups in total. The van der Waals surface area contributed by atoms with Gasteiger partial charge in [0.05, 0.1) is 6.61 Å². The smallest absolute Gasteiger partial charge is 0.225 e. The van der Waals surface area contributed by atoms with Gasteiger partial charge in [0.15, 0.2) is 0 Å². The monoisotopic (exact) mass is 358 g/mol. The van der Waals surface area contributed by atoms with Crippen molar-refractivity contribution in [1.82, 2.24) is 9.80 Å². The maximum absolute atomic E-state index is 12.6. The Hall–Kier alpha value is -2.04. The van der Waals surface area contributed by atoms with E-state index < -0.39 is 0 Å². The van der Waals surface area contributed by atoms with E-state index in [1.165, 1.54) is 6.42 Å². The third-order valence-corrected chi connectivity index (χ3v) is 5.41. The molecule has 2 aliphatic heterocycles. The molecule has 1 aromatic carbocycles. The van der Waals surface area contributed by atoms with Gasteiger partial charge in [0.1, 0.15) is 5.75 Å². The number of amides is 2. The summed E-state index contributed by atoms with van der Waals surface area (Å²) in [4.78, 5) is 28.9. The minimum absolute atomic E-state index is 0.110. The zero-order valence-electron chi connectivity index (χ0n) is 15.6. The van der Waals surface area contributed by atoms with Crippen LogP contribution in [0.3, 0.4) is 0 Å². The molecule has 0 saturated carbocycles. The van der Waals surface area contributed by atoms with Crippen LogP contribution in [-0.4, -0.2) is 54.4 Å². The van der Waals surface area contributed by atoms with E-state index in [2.05, 4.69) is 0 Å². The van der Waals surface area contributed by atoms with Crippen molar-refractivity contribution in [2.24, 2.45) is 5.92 Å². The number of para-hydroxylation sites is 1. The van der Waals surface area contributed by atoms with Crippen LogP contribution in [-0.2, 0) is 9.59 Å². The molecule has 3 rings (SSSR count). The number of hydrogen-bond donors (Lipinski definition) is 0. The van der Waals surface area contributed by atoms with Crippen molar-refractivity contribution < 1.29 is 14.3 Å². The summed E-state index contributed by atoms with van der Waals surface area (Å²) >= 11 is 0. The summed E-state index contributed by atoms with van der Waals surface area (Å²) in [6.07, 6.45) is 6.36. The molecule has 1 aromatic rings. The molecule has 0 spiro atoms. The summed E-state index contributed by atoms with van der Waals surface area (Å²) in [6, 6.07) is 9.68. The van der Waals surface area contributed by atoms with E-state index in [1.54, 1.807) is 0 Å². The molecule has 0 aromatic heterocycles. The van der Waals surface area contributed by atoms with Gasteiger partial charge in [-0.2, -0.15) is 0 Å². The number of carbonyl (C=O) groups excluding carboxylic acids is 2. The highest BCUT2D eigenvalue weighted by Gasteiger charge is 2.30. The molecule has 2 heterocycles. The van der Waals surface area contributed by atoms with E-state index in [0.29, 0.717) is 32.0 Å². The van der Waals surface area contributed by atoms with Gasteiger partial charge in [0, 0.05) is 38.5 Å². The quantitative estimate of drug-likeness (QED) is 0.734. The summed E-state index contributed by atoms with van der Waals surface area (Å²) in [5, 5.41) is 0. The average molecular weight is 358 g/mol. The molecule has 0 unspecified atom stereocenters. The number of piperidine rings is 2. The lowest BCUT2D eigenvalue weighted by atomic mass is 9.94. The van der Waals surface area contributed by atoms with Crippen LogP contribution in [0.15, 0.2) is 30.3 Å². The van der Waals surface area contributed by atoms with Crippen molar-refractivity contribution in [3.63, 3.8) is 0 Å². The van der Waals surface area contributed by atoms with Crippen LogP contribution in [0.4, 0.5) is 0 Å². The second kappa shape index (κ2) is 9.60. The fourth-order valence-corrected chi connectivity index (χ4v) is 3.84. The largest absolute Gasteiger partial charge is 0.494 e. The number of carbonyl (C=O) groups is 2. The van der Waals surface area contributed by atoms with Gasteiger partial charge in [0.25, 0.3) is 0 Å². The molecule has 2 fully saturated rings. The zero-order valence-corrected chi connectivity index (χ0v) is 15.6. The molecule has 2 saturated heterocycles. The lowest BCUT2D eigenvalue weighted by Crippen LogP contribution is -2.45. The van der Waals surface area contributed by atoms with Crippen molar-refractivity contribution in [3.8, 4) is 5.75 Å². The van der Waals surface area contributed by atoms with Crippen LogP contribution < -0.4 is 4.74 Å². The maximum Gasteiger partial charge on any atom is 0.225 e. The summed E-state index contributed by atoms with van der Waals surface area (Å²) in [7, 11) is 0. The number of likely N-dealkylation sites (tertiary alicyclic amines) is 2. The van der Waals surface area contributed by atoms with E-state index in [9.17, 15) is 9.59 Å². The van der Waals surface area contributed by atoms with E-state index in [-0.39, 0.29) is 11.8 Å². The third kappa shape index (κ3) is 5.23. The maximum atomic E-state index is 12.6. The van der Waals surface area contributed by atoms with E-state index >= 15 is 0 Å². The topological polar surface area (TPSA) is 49.9 Å². The van der Waals surface area contributed by atoms with Crippen LogP contribution in [0, 0.1) is 5.92 Å². The van der Waals surface area contributed by atoms with Gasteiger partial charge in [-0.25, -0.2) is 0 Å². The molecule has 26 heavy (non-hydrogen) atoms. The van der Waals surface area contributed by atoms with Gasteiger partial charge < -0.3 is 14.5 Å². The van der Waals surface area contributed by atoms with Gasteiger partial charge in [-0.05, 0) is 50.7 Å². The first-order chi connectivity index (χ1) is 12.7. The Morgan fingerprint density at radius 1 is 0.923 bits per heavy atom. The van der Waals surface area contributed by atoms with Crippen molar-refractivity contribution in [1.29, 1.82) is 0 Å². The highest BCUT2D eigenvalue weighted by atomic mass is 16.5. The van der Waals surface area contributed by atoms with Crippen LogP contribution in [0.5, 0.6) is 5.75 Å². The number of ether oxygens (including phenoxy) is 1. The predicted octanol–water partition coefficient (Wildman–Crippen LogP) is 3.10. The van der Waals surface area contributed by atoms with Crippen molar-refractivity contribution >= 4 is 11.8 Å². The first kappa shape index (κ1) is 18.7. The predicted molar refractivity (Wildman–Crippen MR) is 101 cm³/mol. The minimum Gasteiger partial charge on any atom is -0.494 e. The molecule has 0 radical (unpaired) electrons. The second-order valence-corrected chi connectivity index (χ2v) is 7.31. The van der Waals surface area contributed by atoms with Gasteiger partial charge in [0.2, 0.25) is 11.8 Å². The van der Waals surface area contributed by atoms with Crippen molar-refractivity contribution in [2.75, 3.05) is 32.8 Å². The summed E-state index contributed by atoms with van der Waals surface area (Å²) in [6.45, 7) is 3.81. The Kier molecular flexibility index (Phi) is 6.92. The Balaban J connectivity index is 1.33. The lowest BCUT2D eigenvalue weighted by Gasteiger charge is -2.35. The fraction of sp³-hybridized carbons (Fsp3) is 0.619. The second-order valence-electron chi connectivity index (χ2n) is 7.31. The Labute approximate surface area is 156 Å². The zero-order chi connectivity index (χ0) is 18.2. The third-order valence-electron chi connectivity index (χ3n) is 5.41.